The van der Waals surface area contributed by atoms with E-state index in [0.717, 1.165) is 31.2 Å². The first kappa shape index (κ1) is 18.1. The lowest BCUT2D eigenvalue weighted by Gasteiger charge is -2.27. The number of phenolic OH excluding ortho intramolecular Hbond substituents is 1. The number of halogens is 1. The third-order valence-corrected chi connectivity index (χ3v) is 4.58. The van der Waals surface area contributed by atoms with Crippen LogP contribution in [0.1, 0.15) is 42.7 Å². The molecule has 1 aromatic carbocycles. The van der Waals surface area contributed by atoms with Gasteiger partial charge in [-0.1, -0.05) is 12.1 Å². The van der Waals surface area contributed by atoms with Gasteiger partial charge >= 0.3 is 0 Å². The molecule has 0 bridgehead atoms. The Labute approximate surface area is 147 Å². The van der Waals surface area contributed by atoms with Crippen molar-refractivity contribution in [2.24, 2.45) is 5.73 Å². The second-order valence-corrected chi connectivity index (χ2v) is 6.10. The lowest BCUT2D eigenvalue weighted by molar-refractivity contribution is 0.395. The highest BCUT2D eigenvalue weighted by molar-refractivity contribution is 5.85. The van der Waals surface area contributed by atoms with Crippen LogP contribution in [0.25, 0.3) is 11.3 Å². The van der Waals surface area contributed by atoms with Gasteiger partial charge in [0.25, 0.3) is 0 Å². The molecule has 1 aliphatic rings. The summed E-state index contributed by atoms with van der Waals surface area (Å²) in [6.45, 7) is 0. The number of nitrogens with two attached hydrogens (primary N) is 2. The number of aromatic nitrogens is 1. The minimum atomic E-state index is 0. The van der Waals surface area contributed by atoms with Crippen molar-refractivity contribution >= 4 is 18.2 Å². The van der Waals surface area contributed by atoms with Crippen LogP contribution < -0.4 is 11.5 Å². The van der Waals surface area contributed by atoms with Crippen LogP contribution >= 0.6 is 12.4 Å². The van der Waals surface area contributed by atoms with Gasteiger partial charge in [0.15, 0.2) is 0 Å². The normalized spacial score (nSPS) is 20.0. The first-order valence-corrected chi connectivity index (χ1v) is 7.84. The topological polar surface area (TPSA) is 109 Å². The highest BCUT2D eigenvalue weighted by Crippen LogP contribution is 2.38. The largest absolute Gasteiger partial charge is 0.507 e. The van der Waals surface area contributed by atoms with Gasteiger partial charge in [-0.25, -0.2) is 4.98 Å². The van der Waals surface area contributed by atoms with Crippen molar-refractivity contribution in [2.75, 3.05) is 5.73 Å². The predicted octanol–water partition coefficient (Wildman–Crippen LogP) is 3.31. The molecule has 5 N–H and O–H groups in total. The van der Waals surface area contributed by atoms with Crippen LogP contribution in [0, 0.1) is 11.3 Å². The third-order valence-electron chi connectivity index (χ3n) is 4.58. The van der Waals surface area contributed by atoms with Crippen LogP contribution in [0.15, 0.2) is 30.3 Å². The van der Waals surface area contributed by atoms with Crippen molar-refractivity contribution in [3.05, 3.63) is 41.5 Å². The zero-order chi connectivity index (χ0) is 16.4. The van der Waals surface area contributed by atoms with Crippen LogP contribution in [-0.4, -0.2) is 16.1 Å². The highest BCUT2D eigenvalue weighted by atomic mass is 35.5. The quantitative estimate of drug-likeness (QED) is 0.774. The molecule has 1 heterocycles. The van der Waals surface area contributed by atoms with E-state index in [2.05, 4.69) is 11.1 Å². The summed E-state index contributed by atoms with van der Waals surface area (Å²) in [6, 6.07) is 11.3. The second-order valence-electron chi connectivity index (χ2n) is 6.10. The molecule has 0 radical (unpaired) electrons. The van der Waals surface area contributed by atoms with Crippen LogP contribution in [0.5, 0.6) is 5.75 Å². The van der Waals surface area contributed by atoms with Gasteiger partial charge in [-0.3, -0.25) is 0 Å². The summed E-state index contributed by atoms with van der Waals surface area (Å²) in [5, 5.41) is 19.5. The number of hydrogen-bond acceptors (Lipinski definition) is 5. The second kappa shape index (κ2) is 7.52. The lowest BCUT2D eigenvalue weighted by Crippen LogP contribution is -2.26. The SMILES string of the molecule is Cl.N#Cc1c(C2CCC(N)CC2)cc(-c2ccccc2O)nc1N. The summed E-state index contributed by atoms with van der Waals surface area (Å²) in [4.78, 5) is 4.32. The average molecular weight is 345 g/mol. The van der Waals surface area contributed by atoms with Crippen LogP contribution in [0.4, 0.5) is 5.82 Å². The number of anilines is 1. The van der Waals surface area contributed by atoms with E-state index in [1.807, 2.05) is 12.1 Å². The van der Waals surface area contributed by atoms with E-state index >= 15 is 0 Å². The number of nitrogen functional groups attached to an aromatic ring is 1. The molecular weight excluding hydrogens is 324 g/mol. The number of para-hydroxylation sites is 1. The number of aromatic hydroxyl groups is 1. The molecule has 3 rings (SSSR count). The number of pyridine rings is 1. The van der Waals surface area contributed by atoms with Crippen molar-refractivity contribution < 1.29 is 5.11 Å². The van der Waals surface area contributed by atoms with Crippen molar-refractivity contribution in [1.29, 1.82) is 5.26 Å². The molecule has 1 aromatic heterocycles. The van der Waals surface area contributed by atoms with Gasteiger partial charge in [-0.05, 0) is 55.4 Å². The minimum Gasteiger partial charge on any atom is -0.507 e. The van der Waals surface area contributed by atoms with E-state index in [0.29, 0.717) is 16.8 Å². The number of rotatable bonds is 2. The maximum absolute atomic E-state index is 10.1. The number of nitrogens with zero attached hydrogens (tertiary/aromatic N) is 2. The molecule has 0 atom stereocenters. The van der Waals surface area contributed by atoms with Gasteiger partial charge in [0.05, 0.1) is 11.3 Å². The van der Waals surface area contributed by atoms with Gasteiger partial charge in [0.2, 0.25) is 0 Å². The first-order chi connectivity index (χ1) is 11.1. The molecule has 2 aromatic rings. The maximum Gasteiger partial charge on any atom is 0.142 e. The van der Waals surface area contributed by atoms with E-state index in [1.54, 1.807) is 18.2 Å². The molecule has 0 saturated heterocycles. The van der Waals surface area contributed by atoms with Crippen molar-refractivity contribution in [2.45, 2.75) is 37.6 Å². The van der Waals surface area contributed by atoms with Crippen molar-refractivity contribution in [1.82, 2.24) is 4.98 Å². The van der Waals surface area contributed by atoms with Gasteiger partial charge in [-0.2, -0.15) is 5.26 Å². The summed E-state index contributed by atoms with van der Waals surface area (Å²) in [7, 11) is 0. The predicted molar refractivity (Wildman–Crippen MR) is 96.9 cm³/mol. The Morgan fingerprint density at radius 3 is 2.46 bits per heavy atom. The zero-order valence-corrected chi connectivity index (χ0v) is 14.1. The van der Waals surface area contributed by atoms with Gasteiger partial charge in [-0.15, -0.1) is 12.4 Å². The van der Waals surface area contributed by atoms with E-state index in [1.165, 1.54) is 0 Å². The Hall–Kier alpha value is -2.29. The fourth-order valence-corrected chi connectivity index (χ4v) is 3.29. The summed E-state index contributed by atoms with van der Waals surface area (Å²) >= 11 is 0. The van der Waals surface area contributed by atoms with Crippen LogP contribution in [0.2, 0.25) is 0 Å². The standard InChI is InChI=1S/C18H20N4O.ClH/c19-10-15-14(11-5-7-12(20)8-6-11)9-16(22-18(15)21)13-3-1-2-4-17(13)23;/h1-4,9,11-12,23H,5-8,20H2,(H2,21,22);1H. The molecule has 6 heteroatoms. The third kappa shape index (κ3) is 3.45. The Bertz CT molecular complexity index is 764. The van der Waals surface area contributed by atoms with E-state index in [4.69, 9.17) is 11.5 Å². The maximum atomic E-state index is 10.1. The summed E-state index contributed by atoms with van der Waals surface area (Å²) < 4.78 is 0. The van der Waals surface area contributed by atoms with Gasteiger partial charge in [0, 0.05) is 11.6 Å². The minimum absolute atomic E-state index is 0. The highest BCUT2D eigenvalue weighted by Gasteiger charge is 2.24. The number of benzene rings is 1. The number of hydrogen-bond donors (Lipinski definition) is 3. The summed E-state index contributed by atoms with van der Waals surface area (Å²) in [5.41, 5.74) is 14.6. The van der Waals surface area contributed by atoms with Gasteiger partial charge < -0.3 is 16.6 Å². The molecule has 1 fully saturated rings. The first-order valence-electron chi connectivity index (χ1n) is 7.84. The molecular formula is C18H21ClN4O. The van der Waals surface area contributed by atoms with Crippen LogP contribution in [-0.2, 0) is 0 Å². The fraction of sp³-hybridized carbons (Fsp3) is 0.333. The molecule has 0 unspecified atom stereocenters. The number of phenols is 1. The molecule has 126 valence electrons. The molecule has 0 aliphatic heterocycles. The smallest absolute Gasteiger partial charge is 0.142 e. The average Bonchev–Trinajstić information content (AvgIpc) is 2.55. The van der Waals surface area contributed by atoms with E-state index in [9.17, 15) is 10.4 Å². The van der Waals surface area contributed by atoms with Crippen molar-refractivity contribution in [3.8, 4) is 23.1 Å². The number of nitriles is 1. The van der Waals surface area contributed by atoms with Gasteiger partial charge in [0.1, 0.15) is 17.6 Å². The van der Waals surface area contributed by atoms with E-state index in [-0.39, 0.29) is 35.9 Å². The van der Waals surface area contributed by atoms with Crippen molar-refractivity contribution in [3.63, 3.8) is 0 Å². The summed E-state index contributed by atoms with van der Waals surface area (Å²) in [5.74, 6) is 0.637. The summed E-state index contributed by atoms with van der Waals surface area (Å²) in [6.07, 6.45) is 3.78. The monoisotopic (exact) mass is 344 g/mol. The zero-order valence-electron chi connectivity index (χ0n) is 13.3. The van der Waals surface area contributed by atoms with Crippen LogP contribution in [0.3, 0.4) is 0 Å². The molecule has 1 aliphatic carbocycles. The fourth-order valence-electron chi connectivity index (χ4n) is 3.29. The Kier molecular flexibility index (Phi) is 5.66. The molecule has 5 nitrogen and oxygen atoms in total. The van der Waals surface area contributed by atoms with E-state index < -0.39 is 0 Å². The molecule has 0 amide bonds. The molecule has 24 heavy (non-hydrogen) atoms. The molecule has 0 spiro atoms. The Morgan fingerprint density at radius 1 is 1.17 bits per heavy atom. The molecule has 1 saturated carbocycles. The Balaban J connectivity index is 0.00000208. The lowest BCUT2D eigenvalue weighted by atomic mass is 9.80. The Morgan fingerprint density at radius 2 is 1.83 bits per heavy atom.